The summed E-state index contributed by atoms with van der Waals surface area (Å²) in [4.78, 5) is 17.6. The van der Waals surface area contributed by atoms with Crippen molar-refractivity contribution in [3.05, 3.63) is 63.9 Å². The number of rotatable bonds is 8. The van der Waals surface area contributed by atoms with Gasteiger partial charge < -0.3 is 29.4 Å². The van der Waals surface area contributed by atoms with Crippen molar-refractivity contribution in [2.45, 2.75) is 13.0 Å². The zero-order chi connectivity index (χ0) is 22.4. The van der Waals surface area contributed by atoms with Crippen molar-refractivity contribution in [1.29, 1.82) is 0 Å². The number of ether oxygens (including phenoxy) is 3. The molecule has 1 heterocycles. The number of thiocarbonyl (C=S) groups is 1. The molecule has 1 aromatic heterocycles. The highest BCUT2D eigenvalue weighted by Crippen LogP contribution is 2.28. The summed E-state index contributed by atoms with van der Waals surface area (Å²) in [7, 11) is 6.63. The van der Waals surface area contributed by atoms with Gasteiger partial charge >= 0.3 is 0 Å². The summed E-state index contributed by atoms with van der Waals surface area (Å²) in [5, 5.41) is 4.50. The quantitative estimate of drug-likeness (QED) is 0.520. The van der Waals surface area contributed by atoms with Crippen LogP contribution in [-0.4, -0.2) is 49.9 Å². The zero-order valence-corrected chi connectivity index (χ0v) is 19.0. The Morgan fingerprint density at radius 1 is 1.03 bits per heavy atom. The van der Waals surface area contributed by atoms with Crippen molar-refractivity contribution in [3.8, 4) is 17.2 Å². The molecule has 31 heavy (non-hydrogen) atoms. The van der Waals surface area contributed by atoms with Crippen LogP contribution in [0.15, 0.2) is 47.3 Å². The largest absolute Gasteiger partial charge is 0.497 e. The molecule has 0 aliphatic rings. The molecule has 0 aliphatic carbocycles. The first kappa shape index (κ1) is 22.4. The summed E-state index contributed by atoms with van der Waals surface area (Å²) in [6.07, 6.45) is 0.724. The summed E-state index contributed by atoms with van der Waals surface area (Å²) in [6, 6.07) is 13.3. The fourth-order valence-corrected chi connectivity index (χ4v) is 3.55. The van der Waals surface area contributed by atoms with E-state index < -0.39 is 0 Å². The summed E-state index contributed by atoms with van der Waals surface area (Å²) < 4.78 is 16.0. The molecule has 2 N–H and O–H groups in total. The Morgan fingerprint density at radius 3 is 2.48 bits per heavy atom. The van der Waals surface area contributed by atoms with Gasteiger partial charge in [-0.25, -0.2) is 0 Å². The van der Waals surface area contributed by atoms with Crippen molar-refractivity contribution < 1.29 is 14.2 Å². The number of nitrogens with one attached hydrogen (secondary N) is 2. The van der Waals surface area contributed by atoms with Gasteiger partial charge in [0.2, 0.25) is 0 Å². The highest BCUT2D eigenvalue weighted by molar-refractivity contribution is 7.80. The molecular weight excluding hydrogens is 414 g/mol. The van der Waals surface area contributed by atoms with Crippen LogP contribution in [0.3, 0.4) is 0 Å². The minimum Gasteiger partial charge on any atom is -0.497 e. The van der Waals surface area contributed by atoms with Crippen LogP contribution in [0.4, 0.5) is 0 Å². The van der Waals surface area contributed by atoms with Crippen molar-refractivity contribution in [3.63, 3.8) is 0 Å². The van der Waals surface area contributed by atoms with E-state index >= 15 is 0 Å². The van der Waals surface area contributed by atoms with Gasteiger partial charge in [0.1, 0.15) is 5.75 Å². The highest BCUT2D eigenvalue weighted by atomic mass is 32.1. The Labute approximate surface area is 186 Å². The lowest BCUT2D eigenvalue weighted by Gasteiger charge is -2.25. The second kappa shape index (κ2) is 10.2. The monoisotopic (exact) mass is 441 g/mol. The maximum absolute atomic E-state index is 12.7. The molecule has 2 aromatic carbocycles. The third-order valence-electron chi connectivity index (χ3n) is 5.11. The molecule has 0 saturated carbocycles. The molecule has 0 aliphatic heterocycles. The number of methoxy groups -OCH3 is 3. The van der Waals surface area contributed by atoms with Crippen LogP contribution in [-0.2, 0) is 13.0 Å². The summed E-state index contributed by atoms with van der Waals surface area (Å²) >= 11 is 5.50. The molecule has 3 aromatic rings. The van der Waals surface area contributed by atoms with E-state index in [0.29, 0.717) is 35.3 Å². The van der Waals surface area contributed by atoms with Gasteiger partial charge in [-0.1, -0.05) is 6.07 Å². The molecule has 0 spiro atoms. The molecule has 0 amide bonds. The molecule has 3 rings (SSSR count). The average Bonchev–Trinajstić information content (AvgIpc) is 2.80. The molecule has 0 fully saturated rings. The number of hydrogen-bond acceptors (Lipinski definition) is 5. The number of aromatic amines is 1. The lowest BCUT2D eigenvalue weighted by molar-refractivity contribution is 0.354. The van der Waals surface area contributed by atoms with Crippen LogP contribution in [0.25, 0.3) is 10.9 Å². The van der Waals surface area contributed by atoms with Crippen molar-refractivity contribution >= 4 is 28.2 Å². The van der Waals surface area contributed by atoms with Crippen LogP contribution in [0.2, 0.25) is 0 Å². The second-order valence-corrected chi connectivity index (χ2v) is 7.38. The smallest absolute Gasteiger partial charge is 0.253 e. The predicted octanol–water partition coefficient (Wildman–Crippen LogP) is 3.10. The molecule has 7 nitrogen and oxygen atoms in total. The minimum atomic E-state index is -0.132. The van der Waals surface area contributed by atoms with Crippen molar-refractivity contribution in [1.82, 2.24) is 15.2 Å². The molecule has 0 unspecified atom stereocenters. The fraction of sp³-hybridized carbons (Fsp3) is 0.304. The van der Waals surface area contributed by atoms with Gasteiger partial charge in [-0.15, -0.1) is 0 Å². The van der Waals surface area contributed by atoms with E-state index in [0.717, 1.165) is 28.6 Å². The Hall–Kier alpha value is -3.26. The van der Waals surface area contributed by atoms with Crippen LogP contribution in [0, 0.1) is 0 Å². The van der Waals surface area contributed by atoms with E-state index in [1.54, 1.807) is 28.4 Å². The van der Waals surface area contributed by atoms with Gasteiger partial charge in [0, 0.05) is 30.1 Å². The number of benzene rings is 2. The standard InChI is InChI=1S/C23H27N3O4S/c1-24-23(31)26(10-9-15-5-8-20(29-3)21(11-15)30-4)14-17-12-16-13-18(28-2)6-7-19(16)25-22(17)27/h5-8,11-13H,9-10,14H2,1-4H3,(H,24,31)(H,25,27). The third kappa shape index (κ3) is 5.27. The van der Waals surface area contributed by atoms with Crippen LogP contribution < -0.4 is 25.1 Å². The molecule has 164 valence electrons. The lowest BCUT2D eigenvalue weighted by atomic mass is 10.1. The molecule has 0 saturated heterocycles. The van der Waals surface area contributed by atoms with Crippen molar-refractivity contribution in [2.24, 2.45) is 0 Å². The molecule has 8 heteroatoms. The van der Waals surface area contributed by atoms with E-state index in [1.165, 1.54) is 0 Å². The number of hydrogen-bond donors (Lipinski definition) is 2. The Kier molecular flexibility index (Phi) is 7.36. The van der Waals surface area contributed by atoms with Gasteiger partial charge in [-0.3, -0.25) is 4.79 Å². The first-order valence-corrected chi connectivity index (χ1v) is 10.3. The maximum atomic E-state index is 12.7. The number of fused-ring (bicyclic) bond motifs is 1. The van der Waals surface area contributed by atoms with Gasteiger partial charge in [0.25, 0.3) is 5.56 Å². The Morgan fingerprint density at radius 2 is 1.81 bits per heavy atom. The Bertz CT molecular complexity index is 1130. The van der Waals surface area contributed by atoms with Gasteiger partial charge in [-0.2, -0.15) is 0 Å². The topological polar surface area (TPSA) is 75.8 Å². The summed E-state index contributed by atoms with van der Waals surface area (Å²) in [5.41, 5.74) is 2.35. The van der Waals surface area contributed by atoms with Crippen LogP contribution >= 0.6 is 12.2 Å². The summed E-state index contributed by atoms with van der Waals surface area (Å²) in [6.45, 7) is 1.01. The molecular formula is C23H27N3O4S. The predicted molar refractivity (Wildman–Crippen MR) is 126 cm³/mol. The number of nitrogens with zero attached hydrogens (tertiary/aromatic N) is 1. The number of H-pyrrole nitrogens is 1. The SMILES string of the molecule is CNC(=S)N(CCc1ccc(OC)c(OC)c1)Cc1cc2cc(OC)ccc2[nH]c1=O. The zero-order valence-electron chi connectivity index (χ0n) is 18.2. The average molecular weight is 442 g/mol. The van der Waals surface area contributed by atoms with E-state index in [4.69, 9.17) is 26.4 Å². The minimum absolute atomic E-state index is 0.132. The molecule has 0 bridgehead atoms. The van der Waals surface area contributed by atoms with E-state index in [1.807, 2.05) is 47.4 Å². The first-order valence-electron chi connectivity index (χ1n) is 9.86. The molecule has 0 radical (unpaired) electrons. The summed E-state index contributed by atoms with van der Waals surface area (Å²) in [5.74, 6) is 2.11. The lowest BCUT2D eigenvalue weighted by Crippen LogP contribution is -2.39. The first-order chi connectivity index (χ1) is 15.0. The number of pyridine rings is 1. The van der Waals surface area contributed by atoms with E-state index in [2.05, 4.69) is 10.3 Å². The van der Waals surface area contributed by atoms with E-state index in [9.17, 15) is 4.79 Å². The van der Waals surface area contributed by atoms with Gasteiger partial charge in [-0.05, 0) is 60.6 Å². The van der Waals surface area contributed by atoms with Crippen molar-refractivity contribution in [2.75, 3.05) is 34.9 Å². The molecule has 0 atom stereocenters. The second-order valence-electron chi connectivity index (χ2n) is 6.99. The normalized spacial score (nSPS) is 10.6. The Balaban J connectivity index is 1.82. The van der Waals surface area contributed by atoms with Crippen LogP contribution in [0.1, 0.15) is 11.1 Å². The third-order valence-corrected chi connectivity index (χ3v) is 5.57. The van der Waals surface area contributed by atoms with E-state index in [-0.39, 0.29) is 5.56 Å². The number of aromatic nitrogens is 1. The van der Waals surface area contributed by atoms with Crippen LogP contribution in [0.5, 0.6) is 17.2 Å². The highest BCUT2D eigenvalue weighted by Gasteiger charge is 2.14. The van der Waals surface area contributed by atoms with Gasteiger partial charge in [0.05, 0.1) is 27.9 Å². The van der Waals surface area contributed by atoms with Gasteiger partial charge in [0.15, 0.2) is 16.6 Å². The maximum Gasteiger partial charge on any atom is 0.253 e. The fourth-order valence-electron chi connectivity index (χ4n) is 3.39.